The first kappa shape index (κ1) is 12.0. The van der Waals surface area contributed by atoms with Crippen molar-refractivity contribution in [2.45, 2.75) is 19.2 Å². The van der Waals surface area contributed by atoms with Gasteiger partial charge in [-0.25, -0.2) is 4.98 Å². The van der Waals surface area contributed by atoms with Crippen molar-refractivity contribution in [3.05, 3.63) is 35.7 Å². The van der Waals surface area contributed by atoms with Crippen LogP contribution in [0.3, 0.4) is 0 Å². The van der Waals surface area contributed by atoms with E-state index in [-0.39, 0.29) is 5.38 Å². The minimum atomic E-state index is -0.102. The number of alkyl halides is 1. The first-order chi connectivity index (χ1) is 8.13. The van der Waals surface area contributed by atoms with Crippen molar-refractivity contribution >= 4 is 11.6 Å². The van der Waals surface area contributed by atoms with Gasteiger partial charge in [-0.05, 0) is 26.0 Å². The molecular weight excluding hydrogens is 236 g/mol. The summed E-state index contributed by atoms with van der Waals surface area (Å²) in [5.74, 6) is 1.59. The number of aromatic nitrogens is 2. The number of ether oxygens (including phenoxy) is 1. The number of aromatic amines is 1. The van der Waals surface area contributed by atoms with Crippen LogP contribution in [0.1, 0.15) is 23.7 Å². The number of hydrogen-bond acceptors (Lipinski definition) is 2. The number of imidazole rings is 1. The summed E-state index contributed by atoms with van der Waals surface area (Å²) in [4.78, 5) is 7.76. The van der Waals surface area contributed by atoms with Crippen LogP contribution < -0.4 is 4.74 Å². The summed E-state index contributed by atoms with van der Waals surface area (Å²) in [6.07, 6.45) is 0. The van der Waals surface area contributed by atoms with Gasteiger partial charge in [-0.15, -0.1) is 11.6 Å². The van der Waals surface area contributed by atoms with Gasteiger partial charge in [0.1, 0.15) is 11.6 Å². The van der Waals surface area contributed by atoms with E-state index in [1.165, 1.54) is 0 Å². The smallest absolute Gasteiger partial charge is 0.141 e. The van der Waals surface area contributed by atoms with Crippen LogP contribution in [0, 0.1) is 6.92 Å². The molecule has 1 aromatic carbocycles. The van der Waals surface area contributed by atoms with E-state index in [2.05, 4.69) is 9.97 Å². The lowest BCUT2D eigenvalue weighted by molar-refractivity contribution is 0.416. The van der Waals surface area contributed by atoms with E-state index >= 15 is 0 Å². The van der Waals surface area contributed by atoms with Crippen molar-refractivity contribution in [3.63, 3.8) is 0 Å². The van der Waals surface area contributed by atoms with Gasteiger partial charge < -0.3 is 9.72 Å². The molecule has 1 atom stereocenters. The van der Waals surface area contributed by atoms with E-state index in [1.54, 1.807) is 7.11 Å². The van der Waals surface area contributed by atoms with E-state index in [0.29, 0.717) is 0 Å². The Kier molecular flexibility index (Phi) is 3.38. The minimum absolute atomic E-state index is 0.102. The van der Waals surface area contributed by atoms with Gasteiger partial charge in [0.2, 0.25) is 0 Å². The molecular formula is C13H15ClN2O. The highest BCUT2D eigenvalue weighted by atomic mass is 35.5. The fraction of sp³-hybridized carbons (Fsp3) is 0.308. The van der Waals surface area contributed by atoms with Crippen LogP contribution in [0.5, 0.6) is 5.75 Å². The van der Waals surface area contributed by atoms with Gasteiger partial charge >= 0.3 is 0 Å². The molecule has 1 unspecified atom stereocenters. The minimum Gasteiger partial charge on any atom is -0.496 e. The van der Waals surface area contributed by atoms with E-state index in [0.717, 1.165) is 28.5 Å². The second kappa shape index (κ2) is 4.80. The average Bonchev–Trinajstić information content (AvgIpc) is 2.71. The van der Waals surface area contributed by atoms with Crippen LogP contribution in [-0.2, 0) is 0 Å². The van der Waals surface area contributed by atoms with Crippen LogP contribution >= 0.6 is 11.6 Å². The van der Waals surface area contributed by atoms with Crippen molar-refractivity contribution in [2.75, 3.05) is 7.11 Å². The summed E-state index contributed by atoms with van der Waals surface area (Å²) in [7, 11) is 1.65. The van der Waals surface area contributed by atoms with E-state index < -0.39 is 0 Å². The molecule has 3 nitrogen and oxygen atoms in total. The molecule has 1 N–H and O–H groups in total. The molecule has 0 bridgehead atoms. The Balaban J connectivity index is 2.50. The number of nitrogens with zero attached hydrogens (tertiary/aromatic N) is 1. The molecule has 4 heteroatoms. The lowest BCUT2D eigenvalue weighted by Crippen LogP contribution is -1.89. The molecule has 0 aliphatic carbocycles. The Morgan fingerprint density at radius 2 is 2.06 bits per heavy atom. The molecule has 0 radical (unpaired) electrons. The van der Waals surface area contributed by atoms with Crippen LogP contribution in [-0.4, -0.2) is 17.1 Å². The summed E-state index contributed by atoms with van der Waals surface area (Å²) in [5, 5.41) is -0.102. The molecule has 2 aromatic rings. The molecule has 0 fully saturated rings. The number of H-pyrrole nitrogens is 1. The molecule has 0 aliphatic rings. The van der Waals surface area contributed by atoms with E-state index in [9.17, 15) is 0 Å². The molecule has 0 aliphatic heterocycles. The lowest BCUT2D eigenvalue weighted by atomic mass is 10.2. The number of benzene rings is 1. The number of aryl methyl sites for hydroxylation is 1. The molecule has 0 spiro atoms. The fourth-order valence-corrected chi connectivity index (χ4v) is 2.04. The number of para-hydroxylation sites is 1. The van der Waals surface area contributed by atoms with E-state index in [4.69, 9.17) is 16.3 Å². The van der Waals surface area contributed by atoms with Crippen molar-refractivity contribution in [3.8, 4) is 17.1 Å². The van der Waals surface area contributed by atoms with E-state index in [1.807, 2.05) is 38.1 Å². The monoisotopic (exact) mass is 250 g/mol. The van der Waals surface area contributed by atoms with Gasteiger partial charge in [0.05, 0.1) is 23.7 Å². The number of hydrogen-bond donors (Lipinski definition) is 1. The van der Waals surface area contributed by atoms with Crippen LogP contribution in [0.25, 0.3) is 11.4 Å². The maximum atomic E-state index is 6.07. The number of methoxy groups -OCH3 is 1. The number of nitrogens with one attached hydrogen (secondary N) is 1. The third kappa shape index (κ3) is 2.29. The molecule has 1 aromatic heterocycles. The molecule has 2 rings (SSSR count). The highest BCUT2D eigenvalue weighted by Crippen LogP contribution is 2.30. The van der Waals surface area contributed by atoms with Gasteiger partial charge in [0.15, 0.2) is 0 Å². The Morgan fingerprint density at radius 1 is 1.35 bits per heavy atom. The van der Waals surface area contributed by atoms with Crippen molar-refractivity contribution in [1.82, 2.24) is 9.97 Å². The zero-order valence-corrected chi connectivity index (χ0v) is 10.9. The Labute approximate surface area is 106 Å². The summed E-state index contributed by atoms with van der Waals surface area (Å²) in [5.41, 5.74) is 2.82. The van der Waals surface area contributed by atoms with Gasteiger partial charge in [0.25, 0.3) is 0 Å². The SMILES string of the molecule is COc1ccccc1-c1nc(C(C)Cl)c(C)[nH]1. The van der Waals surface area contributed by atoms with Crippen molar-refractivity contribution in [1.29, 1.82) is 0 Å². The van der Waals surface area contributed by atoms with Gasteiger partial charge in [0, 0.05) is 5.69 Å². The summed E-state index contributed by atoms with van der Waals surface area (Å²) in [6, 6.07) is 7.78. The number of halogens is 1. The largest absolute Gasteiger partial charge is 0.496 e. The van der Waals surface area contributed by atoms with Gasteiger partial charge in [-0.2, -0.15) is 0 Å². The summed E-state index contributed by atoms with van der Waals surface area (Å²) < 4.78 is 5.32. The highest BCUT2D eigenvalue weighted by Gasteiger charge is 2.14. The first-order valence-electron chi connectivity index (χ1n) is 5.47. The summed E-state index contributed by atoms with van der Waals surface area (Å²) >= 11 is 6.07. The van der Waals surface area contributed by atoms with Crippen molar-refractivity contribution < 1.29 is 4.74 Å². The third-order valence-electron chi connectivity index (χ3n) is 2.66. The maximum absolute atomic E-state index is 6.07. The van der Waals surface area contributed by atoms with Crippen LogP contribution in [0.4, 0.5) is 0 Å². The molecule has 0 amide bonds. The Morgan fingerprint density at radius 3 is 2.65 bits per heavy atom. The summed E-state index contributed by atoms with van der Waals surface area (Å²) in [6.45, 7) is 3.89. The second-order valence-electron chi connectivity index (χ2n) is 3.91. The zero-order valence-electron chi connectivity index (χ0n) is 10.1. The maximum Gasteiger partial charge on any atom is 0.141 e. The second-order valence-corrected chi connectivity index (χ2v) is 4.57. The number of rotatable bonds is 3. The highest BCUT2D eigenvalue weighted by molar-refractivity contribution is 6.20. The molecule has 1 heterocycles. The first-order valence-corrected chi connectivity index (χ1v) is 5.91. The average molecular weight is 251 g/mol. The predicted octanol–water partition coefficient (Wildman–Crippen LogP) is 3.69. The standard InChI is InChI=1S/C13H15ClN2O/c1-8(14)12-9(2)15-13(16-12)10-6-4-5-7-11(10)17-3/h4-8H,1-3H3,(H,15,16). The normalized spacial score (nSPS) is 12.5. The van der Waals surface area contributed by atoms with Gasteiger partial charge in [-0.3, -0.25) is 0 Å². The Hall–Kier alpha value is -1.48. The molecule has 17 heavy (non-hydrogen) atoms. The molecule has 0 saturated heterocycles. The third-order valence-corrected chi connectivity index (χ3v) is 2.87. The molecule has 90 valence electrons. The van der Waals surface area contributed by atoms with Crippen LogP contribution in [0.15, 0.2) is 24.3 Å². The fourth-order valence-electron chi connectivity index (χ4n) is 1.83. The molecule has 0 saturated carbocycles. The van der Waals surface area contributed by atoms with Crippen molar-refractivity contribution in [2.24, 2.45) is 0 Å². The predicted molar refractivity (Wildman–Crippen MR) is 69.6 cm³/mol. The van der Waals surface area contributed by atoms with Gasteiger partial charge in [-0.1, -0.05) is 12.1 Å². The zero-order chi connectivity index (χ0) is 12.4. The van der Waals surface area contributed by atoms with Crippen LogP contribution in [0.2, 0.25) is 0 Å². The topological polar surface area (TPSA) is 37.9 Å². The quantitative estimate of drug-likeness (QED) is 0.844. The lowest BCUT2D eigenvalue weighted by Gasteiger charge is -2.04. The Bertz CT molecular complexity index is 520.